The first-order valence-electron chi connectivity index (χ1n) is 9.82. The lowest BCUT2D eigenvalue weighted by molar-refractivity contribution is 0.579. The molecule has 0 atom stereocenters. The van der Waals surface area contributed by atoms with Crippen molar-refractivity contribution in [2.24, 2.45) is 0 Å². The highest BCUT2D eigenvalue weighted by atomic mass is 19.1. The molecule has 2 aromatic heterocycles. The van der Waals surface area contributed by atoms with Crippen molar-refractivity contribution >= 4 is 16.7 Å². The van der Waals surface area contributed by atoms with Gasteiger partial charge in [0.15, 0.2) is 0 Å². The molecule has 0 saturated carbocycles. The lowest BCUT2D eigenvalue weighted by Crippen LogP contribution is -2.05. The summed E-state index contributed by atoms with van der Waals surface area (Å²) < 4.78 is 19.9. The van der Waals surface area contributed by atoms with Gasteiger partial charge in [0, 0.05) is 23.1 Å². The van der Waals surface area contributed by atoms with Crippen LogP contribution in [0.3, 0.4) is 0 Å². The molecule has 0 unspecified atom stereocenters. The smallest absolute Gasteiger partial charge is 0.286 e. The molecule has 2 heterocycles. The molecule has 0 saturated heterocycles. The normalized spacial score (nSPS) is 11.0. The van der Waals surface area contributed by atoms with Gasteiger partial charge >= 0.3 is 0 Å². The minimum Gasteiger partial charge on any atom is -0.413 e. The van der Waals surface area contributed by atoms with Gasteiger partial charge in [-0.15, -0.1) is 10.2 Å². The van der Waals surface area contributed by atoms with Crippen LogP contribution in [0.1, 0.15) is 11.1 Å². The summed E-state index contributed by atoms with van der Waals surface area (Å²) in [6.45, 7) is 2.30. The molecule has 152 valence electrons. The van der Waals surface area contributed by atoms with E-state index in [0.717, 1.165) is 22.0 Å². The zero-order valence-corrected chi connectivity index (χ0v) is 16.7. The zero-order chi connectivity index (χ0) is 21.2. The highest BCUT2D eigenvalue weighted by molar-refractivity contribution is 5.90. The van der Waals surface area contributed by atoms with Crippen molar-refractivity contribution in [3.8, 4) is 23.2 Å². The summed E-state index contributed by atoms with van der Waals surface area (Å²) >= 11 is 0. The number of fused-ring (bicyclic) bond motifs is 1. The van der Waals surface area contributed by atoms with E-state index in [1.807, 2.05) is 55.5 Å². The molecule has 31 heavy (non-hydrogen) atoms. The highest BCUT2D eigenvalue weighted by Gasteiger charge is 2.16. The Kier molecular flexibility index (Phi) is 4.84. The summed E-state index contributed by atoms with van der Waals surface area (Å²) in [6.07, 6.45) is 0. The number of nitrogens with zero attached hydrogens (tertiary/aromatic N) is 4. The maximum atomic E-state index is 14.0. The molecule has 0 aliphatic heterocycles. The van der Waals surface area contributed by atoms with E-state index in [0.29, 0.717) is 23.1 Å². The molecule has 5 aromatic rings. The number of para-hydroxylation sites is 1. The molecule has 0 spiro atoms. The Morgan fingerprint density at radius 2 is 1.58 bits per heavy atom. The molecular formula is C24H18FN5O. The summed E-state index contributed by atoms with van der Waals surface area (Å²) in [5.74, 6) is 1.22. The standard InChI is InChI=1S/C24H18FN5O/c1-15-10-12-16(13-11-15)23-29-30-24(31-23)22-27-20-9-5-3-7-18(20)21(28-22)26-14-17-6-2-4-8-19(17)25/h2-13H,14H2,1H3,(H,26,27,28). The molecule has 0 radical (unpaired) electrons. The molecule has 6 nitrogen and oxygen atoms in total. The first kappa shape index (κ1) is 18.9. The van der Waals surface area contributed by atoms with Gasteiger partial charge in [-0.25, -0.2) is 14.4 Å². The van der Waals surface area contributed by atoms with Gasteiger partial charge in [-0.05, 0) is 37.3 Å². The fourth-order valence-electron chi connectivity index (χ4n) is 3.25. The van der Waals surface area contributed by atoms with E-state index in [1.165, 1.54) is 6.07 Å². The van der Waals surface area contributed by atoms with Crippen LogP contribution < -0.4 is 5.32 Å². The van der Waals surface area contributed by atoms with Gasteiger partial charge < -0.3 is 9.73 Å². The Morgan fingerprint density at radius 1 is 0.839 bits per heavy atom. The quantitative estimate of drug-likeness (QED) is 0.417. The van der Waals surface area contributed by atoms with Crippen LogP contribution in [0, 0.1) is 12.7 Å². The fourth-order valence-corrected chi connectivity index (χ4v) is 3.25. The molecule has 0 aliphatic carbocycles. The molecule has 0 amide bonds. The van der Waals surface area contributed by atoms with E-state index in [4.69, 9.17) is 4.42 Å². The Bertz CT molecular complexity index is 1360. The molecule has 5 rings (SSSR count). The van der Waals surface area contributed by atoms with Crippen LogP contribution in [0.25, 0.3) is 34.1 Å². The topological polar surface area (TPSA) is 76.7 Å². The van der Waals surface area contributed by atoms with E-state index in [9.17, 15) is 4.39 Å². The molecule has 7 heteroatoms. The Hall–Kier alpha value is -4.13. The second-order valence-corrected chi connectivity index (χ2v) is 7.14. The lowest BCUT2D eigenvalue weighted by atomic mass is 10.1. The summed E-state index contributed by atoms with van der Waals surface area (Å²) in [6, 6.07) is 22.0. The van der Waals surface area contributed by atoms with Crippen molar-refractivity contribution < 1.29 is 8.81 Å². The molecule has 1 N–H and O–H groups in total. The fraction of sp³-hybridized carbons (Fsp3) is 0.0833. The lowest BCUT2D eigenvalue weighted by Gasteiger charge is -2.10. The van der Waals surface area contributed by atoms with Crippen molar-refractivity contribution in [1.29, 1.82) is 0 Å². The number of aromatic nitrogens is 4. The Labute approximate surface area is 177 Å². The van der Waals surface area contributed by atoms with Crippen LogP contribution >= 0.6 is 0 Å². The van der Waals surface area contributed by atoms with Crippen molar-refractivity contribution in [1.82, 2.24) is 20.2 Å². The predicted molar refractivity (Wildman–Crippen MR) is 117 cm³/mol. The highest BCUT2D eigenvalue weighted by Crippen LogP contribution is 2.27. The number of rotatable bonds is 5. The molecular weight excluding hydrogens is 393 g/mol. The molecule has 0 aliphatic rings. The largest absolute Gasteiger partial charge is 0.413 e. The number of nitrogens with one attached hydrogen (secondary N) is 1. The van der Waals surface area contributed by atoms with Crippen LogP contribution in [0.15, 0.2) is 77.2 Å². The third kappa shape index (κ3) is 3.85. The van der Waals surface area contributed by atoms with Gasteiger partial charge in [-0.3, -0.25) is 0 Å². The van der Waals surface area contributed by atoms with Gasteiger partial charge in [-0.2, -0.15) is 0 Å². The number of benzene rings is 3. The van der Waals surface area contributed by atoms with Gasteiger partial charge in [0.05, 0.1) is 5.52 Å². The molecule has 0 bridgehead atoms. The van der Waals surface area contributed by atoms with Gasteiger partial charge in [0.1, 0.15) is 11.6 Å². The van der Waals surface area contributed by atoms with Crippen LogP contribution in [0.2, 0.25) is 0 Å². The van der Waals surface area contributed by atoms with Crippen molar-refractivity contribution in [2.45, 2.75) is 13.5 Å². The molecule has 3 aromatic carbocycles. The predicted octanol–water partition coefficient (Wildman–Crippen LogP) is 5.41. The summed E-state index contributed by atoms with van der Waals surface area (Å²) in [7, 11) is 0. The van der Waals surface area contributed by atoms with Gasteiger partial charge in [0.2, 0.25) is 11.7 Å². The van der Waals surface area contributed by atoms with Crippen molar-refractivity contribution in [3.05, 3.63) is 89.7 Å². The number of halogens is 1. The zero-order valence-electron chi connectivity index (χ0n) is 16.7. The average Bonchev–Trinajstić information content (AvgIpc) is 3.29. The minimum absolute atomic E-state index is 0.218. The summed E-state index contributed by atoms with van der Waals surface area (Å²) in [4.78, 5) is 9.17. The third-order valence-corrected chi connectivity index (χ3v) is 4.92. The van der Waals surface area contributed by atoms with E-state index >= 15 is 0 Å². The monoisotopic (exact) mass is 411 g/mol. The van der Waals surface area contributed by atoms with Gasteiger partial charge in [-0.1, -0.05) is 48.0 Å². The number of anilines is 1. The molecule has 0 fully saturated rings. The Balaban J connectivity index is 1.51. The average molecular weight is 411 g/mol. The van der Waals surface area contributed by atoms with Crippen LogP contribution in [-0.4, -0.2) is 20.2 Å². The Morgan fingerprint density at radius 3 is 2.42 bits per heavy atom. The second kappa shape index (κ2) is 7.95. The first-order chi connectivity index (χ1) is 15.2. The van der Waals surface area contributed by atoms with Crippen molar-refractivity contribution in [2.75, 3.05) is 5.32 Å². The van der Waals surface area contributed by atoms with E-state index < -0.39 is 0 Å². The van der Waals surface area contributed by atoms with Crippen LogP contribution in [-0.2, 0) is 6.54 Å². The van der Waals surface area contributed by atoms with Crippen LogP contribution in [0.5, 0.6) is 0 Å². The minimum atomic E-state index is -0.270. The maximum absolute atomic E-state index is 14.0. The SMILES string of the molecule is Cc1ccc(-c2nnc(-c3nc(NCc4ccccc4F)c4ccccc4n3)o2)cc1. The van der Waals surface area contributed by atoms with E-state index in [2.05, 4.69) is 25.5 Å². The van der Waals surface area contributed by atoms with E-state index in [1.54, 1.807) is 18.2 Å². The summed E-state index contributed by atoms with van der Waals surface area (Å²) in [5.41, 5.74) is 3.24. The summed E-state index contributed by atoms with van der Waals surface area (Å²) in [5, 5.41) is 12.3. The van der Waals surface area contributed by atoms with Crippen molar-refractivity contribution in [3.63, 3.8) is 0 Å². The number of hydrogen-bond acceptors (Lipinski definition) is 6. The second-order valence-electron chi connectivity index (χ2n) is 7.14. The van der Waals surface area contributed by atoms with Gasteiger partial charge in [0.25, 0.3) is 5.89 Å². The van der Waals surface area contributed by atoms with Crippen LogP contribution in [0.4, 0.5) is 10.2 Å². The first-order valence-corrected chi connectivity index (χ1v) is 9.82. The van der Waals surface area contributed by atoms with E-state index in [-0.39, 0.29) is 18.3 Å². The maximum Gasteiger partial charge on any atom is 0.286 e. The number of hydrogen-bond donors (Lipinski definition) is 1. The number of aryl methyl sites for hydroxylation is 1. The third-order valence-electron chi connectivity index (χ3n) is 4.92.